The molecule has 3 aromatic carbocycles. The molecular formula is C30H33N3O5S. The molecule has 1 heterocycles. The molecule has 8 nitrogen and oxygen atoms in total. The summed E-state index contributed by atoms with van der Waals surface area (Å²) in [5, 5.41) is 2.94. The minimum absolute atomic E-state index is 0.0360. The van der Waals surface area contributed by atoms with Crippen LogP contribution in [0.15, 0.2) is 83.8 Å². The number of benzene rings is 3. The van der Waals surface area contributed by atoms with Gasteiger partial charge in [-0.25, -0.2) is 12.7 Å². The minimum Gasteiger partial charge on any atom is -0.354 e. The van der Waals surface area contributed by atoms with Gasteiger partial charge in [0.1, 0.15) is 17.5 Å². The molecule has 1 atom stereocenters. The maximum Gasteiger partial charge on any atom is 0.269 e. The standard InChI is InChI=1S/C30H33N3O5S/c1-3-4-18-31-29(35)26(19-23-13-6-5-7-14-23)32(20-24-15-9-8-12-22(24)2)28(34)21-33-30(36)25-16-10-11-17-27(25)39(33,37)38/h5-17,26H,3-4,18-21H2,1-2H3,(H,31,35)/t26-/m0/s1. The molecule has 0 aliphatic carbocycles. The van der Waals surface area contributed by atoms with E-state index in [-0.39, 0.29) is 29.3 Å². The highest BCUT2D eigenvalue weighted by molar-refractivity contribution is 7.90. The van der Waals surface area contributed by atoms with Gasteiger partial charge in [0.2, 0.25) is 11.8 Å². The van der Waals surface area contributed by atoms with Gasteiger partial charge in [-0.3, -0.25) is 14.4 Å². The van der Waals surface area contributed by atoms with Crippen LogP contribution in [-0.4, -0.2) is 54.5 Å². The summed E-state index contributed by atoms with van der Waals surface area (Å²) in [6.07, 6.45) is 1.91. The van der Waals surface area contributed by atoms with E-state index in [1.807, 2.05) is 68.4 Å². The fourth-order valence-electron chi connectivity index (χ4n) is 4.63. The Morgan fingerprint density at radius 1 is 0.949 bits per heavy atom. The Morgan fingerprint density at radius 3 is 2.31 bits per heavy atom. The summed E-state index contributed by atoms with van der Waals surface area (Å²) < 4.78 is 27.0. The van der Waals surface area contributed by atoms with Gasteiger partial charge < -0.3 is 10.2 Å². The highest BCUT2D eigenvalue weighted by Crippen LogP contribution is 2.30. The van der Waals surface area contributed by atoms with Crippen LogP contribution in [0.3, 0.4) is 0 Å². The predicted molar refractivity (Wildman–Crippen MR) is 148 cm³/mol. The van der Waals surface area contributed by atoms with Crippen molar-refractivity contribution in [3.05, 3.63) is 101 Å². The molecule has 0 unspecified atom stereocenters. The van der Waals surface area contributed by atoms with E-state index in [4.69, 9.17) is 0 Å². The van der Waals surface area contributed by atoms with E-state index in [9.17, 15) is 22.8 Å². The van der Waals surface area contributed by atoms with Gasteiger partial charge in [-0.1, -0.05) is 80.1 Å². The van der Waals surface area contributed by atoms with Crippen molar-refractivity contribution in [2.75, 3.05) is 13.1 Å². The number of unbranched alkanes of at least 4 members (excludes halogenated alkanes) is 1. The smallest absolute Gasteiger partial charge is 0.269 e. The third kappa shape index (κ3) is 6.20. The lowest BCUT2D eigenvalue weighted by atomic mass is 10.0. The monoisotopic (exact) mass is 547 g/mol. The van der Waals surface area contributed by atoms with E-state index in [0.717, 1.165) is 29.5 Å². The van der Waals surface area contributed by atoms with Crippen LogP contribution in [0, 0.1) is 6.92 Å². The number of nitrogens with one attached hydrogen (secondary N) is 1. The summed E-state index contributed by atoms with van der Waals surface area (Å²) in [5.41, 5.74) is 2.64. The molecule has 4 rings (SSSR count). The highest BCUT2D eigenvalue weighted by atomic mass is 32.2. The maximum absolute atomic E-state index is 14.0. The molecule has 0 aromatic heterocycles. The molecule has 3 amide bonds. The van der Waals surface area contributed by atoms with E-state index in [1.54, 1.807) is 6.07 Å². The SMILES string of the molecule is CCCCNC(=O)[C@H](Cc1ccccc1)N(Cc1ccccc1C)C(=O)CN1C(=O)c2ccccc2S1(=O)=O. The van der Waals surface area contributed by atoms with Gasteiger partial charge in [0.25, 0.3) is 15.9 Å². The minimum atomic E-state index is -4.19. The quantitative estimate of drug-likeness (QED) is 0.369. The number of amides is 3. The summed E-state index contributed by atoms with van der Waals surface area (Å²) in [4.78, 5) is 41.8. The van der Waals surface area contributed by atoms with Crippen molar-refractivity contribution in [1.29, 1.82) is 0 Å². The number of sulfonamides is 1. The fraction of sp³-hybridized carbons (Fsp3) is 0.300. The van der Waals surface area contributed by atoms with Crippen LogP contribution in [0.2, 0.25) is 0 Å². The summed E-state index contributed by atoms with van der Waals surface area (Å²) in [6, 6.07) is 21.9. The molecule has 9 heteroatoms. The highest BCUT2D eigenvalue weighted by Gasteiger charge is 2.43. The van der Waals surface area contributed by atoms with Crippen LogP contribution in [-0.2, 0) is 32.6 Å². The average Bonchev–Trinajstić information content (AvgIpc) is 3.12. The van der Waals surface area contributed by atoms with Crippen LogP contribution >= 0.6 is 0 Å². The van der Waals surface area contributed by atoms with Crippen LogP contribution < -0.4 is 5.32 Å². The zero-order valence-electron chi connectivity index (χ0n) is 22.2. The molecule has 39 heavy (non-hydrogen) atoms. The van der Waals surface area contributed by atoms with Gasteiger partial charge in [-0.15, -0.1) is 0 Å². The molecule has 0 spiro atoms. The number of carbonyl (C=O) groups excluding carboxylic acids is 3. The van der Waals surface area contributed by atoms with E-state index in [1.165, 1.54) is 23.1 Å². The normalized spacial score (nSPS) is 14.5. The first-order chi connectivity index (χ1) is 18.7. The number of carbonyl (C=O) groups is 3. The number of fused-ring (bicyclic) bond motifs is 1. The average molecular weight is 548 g/mol. The lowest BCUT2D eigenvalue weighted by Gasteiger charge is -2.33. The lowest BCUT2D eigenvalue weighted by Crippen LogP contribution is -2.53. The molecule has 204 valence electrons. The third-order valence-corrected chi connectivity index (χ3v) is 8.68. The summed E-state index contributed by atoms with van der Waals surface area (Å²) >= 11 is 0. The number of rotatable bonds is 11. The van der Waals surface area contributed by atoms with E-state index >= 15 is 0 Å². The zero-order chi connectivity index (χ0) is 28.0. The van der Waals surface area contributed by atoms with Crippen LogP contribution in [0.25, 0.3) is 0 Å². The van der Waals surface area contributed by atoms with Crippen molar-refractivity contribution >= 4 is 27.7 Å². The van der Waals surface area contributed by atoms with Gasteiger partial charge in [-0.2, -0.15) is 0 Å². The van der Waals surface area contributed by atoms with Gasteiger partial charge in [0.05, 0.1) is 5.56 Å². The van der Waals surface area contributed by atoms with E-state index in [0.29, 0.717) is 10.8 Å². The molecule has 0 fully saturated rings. The Labute approximate surface area is 229 Å². The Balaban J connectivity index is 1.70. The van der Waals surface area contributed by atoms with E-state index in [2.05, 4.69) is 5.32 Å². The number of aryl methyl sites for hydroxylation is 1. The van der Waals surface area contributed by atoms with Crippen LogP contribution in [0.5, 0.6) is 0 Å². The Kier molecular flexibility index (Phi) is 8.81. The molecule has 0 radical (unpaired) electrons. The van der Waals surface area contributed by atoms with Gasteiger partial charge in [0, 0.05) is 19.5 Å². The number of nitrogens with zero attached hydrogens (tertiary/aromatic N) is 2. The Hall–Kier alpha value is -3.98. The number of hydrogen-bond donors (Lipinski definition) is 1. The first-order valence-electron chi connectivity index (χ1n) is 13.1. The first kappa shape index (κ1) is 28.0. The molecule has 0 saturated carbocycles. The Morgan fingerprint density at radius 2 is 1.62 bits per heavy atom. The summed E-state index contributed by atoms with van der Waals surface area (Å²) in [7, 11) is -4.19. The van der Waals surface area contributed by atoms with E-state index < -0.39 is 34.4 Å². The van der Waals surface area contributed by atoms with Crippen molar-refractivity contribution in [3.8, 4) is 0 Å². The van der Waals surface area contributed by atoms with Crippen molar-refractivity contribution in [2.45, 2.75) is 50.6 Å². The van der Waals surface area contributed by atoms with Gasteiger partial charge in [0.15, 0.2) is 0 Å². The molecule has 0 bridgehead atoms. The zero-order valence-corrected chi connectivity index (χ0v) is 23.0. The van der Waals surface area contributed by atoms with Gasteiger partial charge >= 0.3 is 0 Å². The van der Waals surface area contributed by atoms with Crippen molar-refractivity contribution in [3.63, 3.8) is 0 Å². The fourth-order valence-corrected chi connectivity index (χ4v) is 6.15. The largest absolute Gasteiger partial charge is 0.354 e. The second-order valence-corrected chi connectivity index (χ2v) is 11.4. The molecular weight excluding hydrogens is 514 g/mol. The topological polar surface area (TPSA) is 104 Å². The maximum atomic E-state index is 14.0. The third-order valence-electron chi connectivity index (χ3n) is 6.89. The second kappa shape index (κ2) is 12.3. The van der Waals surface area contributed by atoms with Crippen LogP contribution in [0.4, 0.5) is 0 Å². The molecule has 1 aliphatic heterocycles. The summed E-state index contributed by atoms with van der Waals surface area (Å²) in [5.74, 6) is -1.70. The molecule has 1 aliphatic rings. The van der Waals surface area contributed by atoms with Crippen molar-refractivity contribution in [1.82, 2.24) is 14.5 Å². The molecule has 3 aromatic rings. The van der Waals surface area contributed by atoms with Crippen LogP contribution in [0.1, 0.15) is 46.8 Å². The number of hydrogen-bond acceptors (Lipinski definition) is 5. The molecule has 1 N–H and O–H groups in total. The second-order valence-electron chi connectivity index (χ2n) is 9.61. The first-order valence-corrected chi connectivity index (χ1v) is 14.5. The Bertz CT molecular complexity index is 1460. The van der Waals surface area contributed by atoms with Crippen molar-refractivity contribution < 1.29 is 22.8 Å². The summed E-state index contributed by atoms with van der Waals surface area (Å²) in [6.45, 7) is 3.78. The van der Waals surface area contributed by atoms with Crippen molar-refractivity contribution in [2.24, 2.45) is 0 Å². The lowest BCUT2D eigenvalue weighted by molar-refractivity contribution is -0.141. The molecule has 0 saturated heterocycles. The predicted octanol–water partition coefficient (Wildman–Crippen LogP) is 3.70. The van der Waals surface area contributed by atoms with Gasteiger partial charge in [-0.05, 0) is 42.2 Å².